The van der Waals surface area contributed by atoms with Crippen LogP contribution in [0.25, 0.3) is 0 Å². The van der Waals surface area contributed by atoms with E-state index >= 15 is 0 Å². The van der Waals surface area contributed by atoms with Crippen molar-refractivity contribution in [1.29, 1.82) is 0 Å². The molecule has 0 radical (unpaired) electrons. The number of carbonyl (C=O) groups is 1. The lowest BCUT2D eigenvalue weighted by Gasteiger charge is -2.24. The Hall–Kier alpha value is -2.15. The molecule has 1 unspecified atom stereocenters. The molecule has 0 aliphatic heterocycles. The first-order valence-electron chi connectivity index (χ1n) is 5.62. The van der Waals surface area contributed by atoms with Gasteiger partial charge >= 0.3 is 5.69 Å². The van der Waals surface area contributed by atoms with E-state index in [9.17, 15) is 20.0 Å². The zero-order valence-corrected chi connectivity index (χ0v) is 11.0. The summed E-state index contributed by atoms with van der Waals surface area (Å²) in [6, 6.07) is 3.64. The maximum absolute atomic E-state index is 12.1. The number of nitrogens with zero attached hydrogens (tertiary/aromatic N) is 2. The van der Waals surface area contributed by atoms with Crippen LogP contribution in [0.1, 0.15) is 17.3 Å². The molecule has 104 valence electrons. The fraction of sp³-hybridized carbons (Fsp3) is 0.417. The highest BCUT2D eigenvalue weighted by Gasteiger charge is 2.25. The van der Waals surface area contributed by atoms with Crippen LogP contribution in [0.15, 0.2) is 18.2 Å². The number of benzene rings is 1. The Bertz CT molecular complexity index is 489. The Morgan fingerprint density at radius 1 is 1.58 bits per heavy atom. The topological polar surface area (TPSA) is 92.9 Å². The minimum absolute atomic E-state index is 0.0975. The van der Waals surface area contributed by atoms with Crippen LogP contribution >= 0.6 is 0 Å². The SMILES string of the molecule is COCC(C)N(C)C(=O)c1cccc([N+](=O)[O-])c1O. The summed E-state index contributed by atoms with van der Waals surface area (Å²) in [5.74, 6) is -1.11. The van der Waals surface area contributed by atoms with Crippen molar-refractivity contribution in [2.45, 2.75) is 13.0 Å². The summed E-state index contributed by atoms with van der Waals surface area (Å²) in [5, 5.41) is 20.5. The van der Waals surface area contributed by atoms with E-state index in [1.54, 1.807) is 14.0 Å². The summed E-state index contributed by atoms with van der Waals surface area (Å²) < 4.78 is 4.94. The molecule has 0 fully saturated rings. The number of rotatable bonds is 5. The number of amides is 1. The number of para-hydroxylation sites is 1. The van der Waals surface area contributed by atoms with Crippen molar-refractivity contribution in [1.82, 2.24) is 4.90 Å². The van der Waals surface area contributed by atoms with Gasteiger partial charge in [0.05, 0.1) is 23.1 Å². The maximum atomic E-state index is 12.1. The van der Waals surface area contributed by atoms with Crippen LogP contribution in [0, 0.1) is 10.1 Å². The average molecular weight is 268 g/mol. The van der Waals surface area contributed by atoms with Crippen LogP contribution in [0.2, 0.25) is 0 Å². The number of likely N-dealkylation sites (N-methyl/N-ethyl adjacent to an activating group) is 1. The predicted octanol–water partition coefficient (Wildman–Crippen LogP) is 1.41. The summed E-state index contributed by atoms with van der Waals surface area (Å²) in [6.45, 7) is 2.10. The van der Waals surface area contributed by atoms with E-state index in [0.29, 0.717) is 6.61 Å². The number of nitro groups is 1. The van der Waals surface area contributed by atoms with Gasteiger partial charge in [0.25, 0.3) is 5.91 Å². The van der Waals surface area contributed by atoms with E-state index in [-0.39, 0.29) is 11.6 Å². The summed E-state index contributed by atoms with van der Waals surface area (Å²) in [7, 11) is 3.06. The van der Waals surface area contributed by atoms with Gasteiger partial charge in [-0.25, -0.2) is 0 Å². The lowest BCUT2D eigenvalue weighted by molar-refractivity contribution is -0.385. The number of carbonyl (C=O) groups excluding carboxylic acids is 1. The molecular weight excluding hydrogens is 252 g/mol. The zero-order chi connectivity index (χ0) is 14.6. The van der Waals surface area contributed by atoms with Crippen LogP contribution in [0.5, 0.6) is 5.75 Å². The van der Waals surface area contributed by atoms with E-state index in [1.807, 2.05) is 0 Å². The average Bonchev–Trinajstić information content (AvgIpc) is 2.37. The van der Waals surface area contributed by atoms with Crippen LogP contribution < -0.4 is 0 Å². The highest BCUT2D eigenvalue weighted by Crippen LogP contribution is 2.30. The number of phenolic OH excluding ortho intramolecular Hbond substituents is 1. The summed E-state index contributed by atoms with van der Waals surface area (Å²) in [5.41, 5.74) is -0.585. The standard InChI is InChI=1S/C12H16N2O5/c1-8(7-19-3)13(2)12(16)9-5-4-6-10(11(9)15)14(17)18/h4-6,8,15H,7H2,1-3H3. The van der Waals surface area contributed by atoms with Crippen molar-refractivity contribution in [3.05, 3.63) is 33.9 Å². The minimum Gasteiger partial charge on any atom is -0.502 e. The van der Waals surface area contributed by atoms with E-state index in [0.717, 1.165) is 6.07 Å². The van der Waals surface area contributed by atoms with Crippen LogP contribution in [0.4, 0.5) is 5.69 Å². The second kappa shape index (κ2) is 6.14. The van der Waals surface area contributed by atoms with Gasteiger partial charge in [0.15, 0.2) is 0 Å². The van der Waals surface area contributed by atoms with Crippen molar-refractivity contribution in [2.75, 3.05) is 20.8 Å². The Labute approximate surface area is 110 Å². The molecule has 0 aliphatic carbocycles. The smallest absolute Gasteiger partial charge is 0.311 e. The number of phenols is 1. The highest BCUT2D eigenvalue weighted by atomic mass is 16.6. The van der Waals surface area contributed by atoms with E-state index in [4.69, 9.17) is 4.74 Å². The van der Waals surface area contributed by atoms with Crippen LogP contribution in [0.3, 0.4) is 0 Å². The molecule has 1 N–H and O–H groups in total. The van der Waals surface area contributed by atoms with E-state index in [2.05, 4.69) is 0 Å². The van der Waals surface area contributed by atoms with Gasteiger partial charge in [-0.15, -0.1) is 0 Å². The number of methoxy groups -OCH3 is 1. The first-order valence-corrected chi connectivity index (χ1v) is 5.62. The predicted molar refractivity (Wildman–Crippen MR) is 68.2 cm³/mol. The van der Waals surface area contributed by atoms with Crippen molar-refractivity contribution < 1.29 is 19.6 Å². The third-order valence-corrected chi connectivity index (χ3v) is 2.83. The van der Waals surface area contributed by atoms with Gasteiger partial charge in [-0.1, -0.05) is 6.07 Å². The third kappa shape index (κ3) is 3.19. The number of nitro benzene ring substituents is 1. The minimum atomic E-state index is -0.731. The first-order chi connectivity index (χ1) is 8.90. The van der Waals surface area contributed by atoms with Crippen molar-refractivity contribution in [2.24, 2.45) is 0 Å². The van der Waals surface area contributed by atoms with Gasteiger partial charge in [0, 0.05) is 20.2 Å². The van der Waals surface area contributed by atoms with E-state index < -0.39 is 22.3 Å². The number of hydrogen-bond acceptors (Lipinski definition) is 5. The Balaban J connectivity index is 3.06. The zero-order valence-electron chi connectivity index (χ0n) is 11.0. The van der Waals surface area contributed by atoms with Crippen LogP contribution in [-0.4, -0.2) is 47.6 Å². The van der Waals surface area contributed by atoms with Crippen LogP contribution in [-0.2, 0) is 4.74 Å². The van der Waals surface area contributed by atoms with Crippen molar-refractivity contribution in [3.63, 3.8) is 0 Å². The molecule has 7 heteroatoms. The van der Waals surface area contributed by atoms with Gasteiger partial charge in [-0.05, 0) is 13.0 Å². The molecule has 0 heterocycles. The molecule has 0 bridgehead atoms. The molecule has 1 atom stereocenters. The molecule has 19 heavy (non-hydrogen) atoms. The second-order valence-corrected chi connectivity index (χ2v) is 4.15. The molecule has 1 amide bonds. The molecule has 0 spiro atoms. The second-order valence-electron chi connectivity index (χ2n) is 4.15. The fourth-order valence-corrected chi connectivity index (χ4v) is 1.59. The molecular formula is C12H16N2O5. The molecule has 0 aromatic heterocycles. The number of hydrogen-bond donors (Lipinski definition) is 1. The monoisotopic (exact) mass is 268 g/mol. The van der Waals surface area contributed by atoms with Gasteiger partial charge in [0.1, 0.15) is 0 Å². The Kier molecular flexibility index (Phi) is 4.82. The van der Waals surface area contributed by atoms with Gasteiger partial charge in [-0.2, -0.15) is 0 Å². The fourth-order valence-electron chi connectivity index (χ4n) is 1.59. The van der Waals surface area contributed by atoms with Crippen molar-refractivity contribution in [3.8, 4) is 5.75 Å². The van der Waals surface area contributed by atoms with Crippen molar-refractivity contribution >= 4 is 11.6 Å². The van der Waals surface area contributed by atoms with Gasteiger partial charge in [0.2, 0.25) is 5.75 Å². The molecule has 7 nitrogen and oxygen atoms in total. The number of aromatic hydroxyl groups is 1. The lowest BCUT2D eigenvalue weighted by Crippen LogP contribution is -2.37. The number of ether oxygens (including phenoxy) is 1. The summed E-state index contributed by atoms with van der Waals surface area (Å²) in [4.78, 5) is 23.5. The normalized spacial score (nSPS) is 11.9. The molecule has 0 aliphatic rings. The molecule has 1 aromatic rings. The molecule has 1 rings (SSSR count). The van der Waals surface area contributed by atoms with Gasteiger partial charge in [-0.3, -0.25) is 14.9 Å². The third-order valence-electron chi connectivity index (χ3n) is 2.83. The van der Waals surface area contributed by atoms with E-state index in [1.165, 1.54) is 24.1 Å². The summed E-state index contributed by atoms with van der Waals surface area (Å²) >= 11 is 0. The highest BCUT2D eigenvalue weighted by molar-refractivity contribution is 5.98. The molecule has 1 aromatic carbocycles. The quantitative estimate of drug-likeness (QED) is 0.643. The van der Waals surface area contributed by atoms with Gasteiger partial charge < -0.3 is 14.7 Å². The largest absolute Gasteiger partial charge is 0.502 e. The molecule has 0 saturated carbocycles. The maximum Gasteiger partial charge on any atom is 0.311 e. The lowest BCUT2D eigenvalue weighted by atomic mass is 10.1. The first kappa shape index (κ1) is 14.9. The Morgan fingerprint density at radius 2 is 2.21 bits per heavy atom. The Morgan fingerprint density at radius 3 is 2.74 bits per heavy atom. The molecule has 0 saturated heterocycles. The summed E-state index contributed by atoms with van der Waals surface area (Å²) in [6.07, 6.45) is 0.